The maximum absolute atomic E-state index is 12.6. The third-order valence-electron chi connectivity index (χ3n) is 6.05. The summed E-state index contributed by atoms with van der Waals surface area (Å²) in [6.45, 7) is 15.6. The minimum atomic E-state index is 0.134. The first-order chi connectivity index (χ1) is 13.4. The van der Waals surface area contributed by atoms with Crippen molar-refractivity contribution in [3.05, 3.63) is 33.9 Å². The summed E-state index contributed by atoms with van der Waals surface area (Å²) in [4.78, 5) is 31.2. The molecule has 0 aromatic heterocycles. The molecule has 1 aromatic rings. The quantitative estimate of drug-likeness (QED) is 0.721. The van der Waals surface area contributed by atoms with E-state index >= 15 is 0 Å². The lowest BCUT2D eigenvalue weighted by atomic mass is 9.91. The van der Waals surface area contributed by atoms with Gasteiger partial charge in [-0.2, -0.15) is 0 Å². The summed E-state index contributed by atoms with van der Waals surface area (Å²) in [6, 6.07) is 2.13. The average molecular weight is 388 g/mol. The molecule has 1 aromatic carbocycles. The van der Waals surface area contributed by atoms with Crippen molar-refractivity contribution in [2.24, 2.45) is 0 Å². The number of benzene rings is 1. The van der Waals surface area contributed by atoms with Gasteiger partial charge in [-0.3, -0.25) is 19.4 Å². The predicted molar refractivity (Wildman–Crippen MR) is 110 cm³/mol. The second kappa shape index (κ2) is 9.16. The molecule has 0 atom stereocenters. The van der Waals surface area contributed by atoms with Gasteiger partial charge in [-0.25, -0.2) is 0 Å². The topological polar surface area (TPSA) is 53.1 Å². The van der Waals surface area contributed by atoms with Gasteiger partial charge in [0.05, 0.1) is 19.8 Å². The van der Waals surface area contributed by atoms with E-state index in [1.54, 1.807) is 6.92 Å². The summed E-state index contributed by atoms with van der Waals surface area (Å²) >= 11 is 0. The number of piperazine rings is 1. The van der Waals surface area contributed by atoms with Crippen molar-refractivity contribution in [3.8, 4) is 0 Å². The van der Waals surface area contributed by atoms with E-state index in [1.807, 2.05) is 11.8 Å². The first-order valence-corrected chi connectivity index (χ1v) is 10.3. The molecular weight excluding hydrogens is 354 g/mol. The molecule has 6 nitrogen and oxygen atoms in total. The number of amides is 1. The summed E-state index contributed by atoms with van der Waals surface area (Å²) in [6.07, 6.45) is 0. The Morgan fingerprint density at radius 1 is 0.929 bits per heavy atom. The number of ether oxygens (including phenoxy) is 1. The molecule has 0 saturated carbocycles. The molecule has 0 radical (unpaired) electrons. The standard InChI is InChI=1S/C22H33N3O3/c1-16-13-17(2)22(19(4)26)18(3)20(16)14-23-5-7-25(8-6-23)21(27)15-24-9-11-28-12-10-24/h13H,5-12,14-15H2,1-4H3. The summed E-state index contributed by atoms with van der Waals surface area (Å²) in [5.41, 5.74) is 5.52. The Morgan fingerprint density at radius 2 is 1.57 bits per heavy atom. The Labute approximate surface area is 168 Å². The van der Waals surface area contributed by atoms with Crippen LogP contribution < -0.4 is 0 Å². The molecule has 1 amide bonds. The third-order valence-corrected chi connectivity index (χ3v) is 6.05. The summed E-state index contributed by atoms with van der Waals surface area (Å²) in [7, 11) is 0. The number of carbonyl (C=O) groups is 2. The minimum absolute atomic E-state index is 0.134. The first kappa shape index (κ1) is 21.0. The molecule has 0 N–H and O–H groups in total. The maximum atomic E-state index is 12.6. The van der Waals surface area contributed by atoms with Crippen molar-refractivity contribution in [2.75, 3.05) is 59.0 Å². The number of carbonyl (C=O) groups excluding carboxylic acids is 2. The Hall–Kier alpha value is -1.76. The van der Waals surface area contributed by atoms with Gasteiger partial charge in [-0.1, -0.05) is 6.07 Å². The number of morpholine rings is 1. The number of Topliss-reactive ketones (excluding diaryl/α,β-unsaturated/α-hetero) is 1. The van der Waals surface area contributed by atoms with E-state index in [9.17, 15) is 9.59 Å². The number of hydrogen-bond acceptors (Lipinski definition) is 5. The lowest BCUT2D eigenvalue weighted by Gasteiger charge is -2.37. The molecule has 2 aliphatic rings. The van der Waals surface area contributed by atoms with Crippen molar-refractivity contribution >= 4 is 11.7 Å². The van der Waals surface area contributed by atoms with E-state index in [4.69, 9.17) is 4.74 Å². The highest BCUT2D eigenvalue weighted by atomic mass is 16.5. The largest absolute Gasteiger partial charge is 0.379 e. The number of hydrogen-bond donors (Lipinski definition) is 0. The Bertz CT molecular complexity index is 733. The van der Waals surface area contributed by atoms with Gasteiger partial charge >= 0.3 is 0 Å². The first-order valence-electron chi connectivity index (χ1n) is 10.3. The fourth-order valence-corrected chi connectivity index (χ4v) is 4.44. The number of nitrogens with zero attached hydrogens (tertiary/aromatic N) is 3. The average Bonchev–Trinajstić information content (AvgIpc) is 2.66. The van der Waals surface area contributed by atoms with Crippen LogP contribution in [0.15, 0.2) is 6.07 Å². The fourth-order valence-electron chi connectivity index (χ4n) is 4.44. The lowest BCUT2D eigenvalue weighted by Crippen LogP contribution is -2.52. The summed E-state index contributed by atoms with van der Waals surface area (Å²) in [5.74, 6) is 0.359. The molecule has 3 rings (SSSR count). The van der Waals surface area contributed by atoms with Crippen LogP contribution in [0.2, 0.25) is 0 Å². The number of ketones is 1. The normalized spacial score (nSPS) is 19.1. The van der Waals surface area contributed by atoms with Crippen LogP contribution in [0.25, 0.3) is 0 Å². The lowest BCUT2D eigenvalue weighted by molar-refractivity contribution is -0.135. The van der Waals surface area contributed by atoms with E-state index in [0.717, 1.165) is 75.7 Å². The van der Waals surface area contributed by atoms with E-state index in [2.05, 4.69) is 29.7 Å². The fraction of sp³-hybridized carbons (Fsp3) is 0.636. The van der Waals surface area contributed by atoms with Crippen LogP contribution in [-0.2, 0) is 16.1 Å². The Morgan fingerprint density at radius 3 is 2.18 bits per heavy atom. The van der Waals surface area contributed by atoms with Gasteiger partial charge in [0.25, 0.3) is 0 Å². The molecule has 0 unspecified atom stereocenters. The smallest absolute Gasteiger partial charge is 0.236 e. The summed E-state index contributed by atoms with van der Waals surface area (Å²) in [5, 5.41) is 0. The van der Waals surface area contributed by atoms with E-state index in [1.165, 1.54) is 11.1 Å². The monoisotopic (exact) mass is 387 g/mol. The van der Waals surface area contributed by atoms with Gasteiger partial charge in [-0.05, 0) is 49.9 Å². The predicted octanol–water partition coefficient (Wildman–Crippen LogP) is 1.79. The zero-order chi connectivity index (χ0) is 20.3. The van der Waals surface area contributed by atoms with Crippen molar-refractivity contribution in [1.82, 2.24) is 14.7 Å². The van der Waals surface area contributed by atoms with E-state index in [0.29, 0.717) is 6.54 Å². The van der Waals surface area contributed by atoms with Gasteiger partial charge in [0, 0.05) is 51.4 Å². The van der Waals surface area contributed by atoms with Crippen molar-refractivity contribution in [2.45, 2.75) is 34.2 Å². The summed E-state index contributed by atoms with van der Waals surface area (Å²) < 4.78 is 5.35. The molecule has 2 saturated heterocycles. The molecule has 28 heavy (non-hydrogen) atoms. The van der Waals surface area contributed by atoms with Crippen LogP contribution in [0.4, 0.5) is 0 Å². The molecule has 0 bridgehead atoms. The highest BCUT2D eigenvalue weighted by Gasteiger charge is 2.24. The molecule has 0 aliphatic carbocycles. The minimum Gasteiger partial charge on any atom is -0.379 e. The Kier molecular flexibility index (Phi) is 6.86. The van der Waals surface area contributed by atoms with Crippen molar-refractivity contribution in [1.29, 1.82) is 0 Å². The van der Waals surface area contributed by atoms with Gasteiger partial charge in [0.15, 0.2) is 5.78 Å². The second-order valence-electron chi connectivity index (χ2n) is 8.09. The van der Waals surface area contributed by atoms with Crippen LogP contribution in [0.1, 0.15) is 39.5 Å². The zero-order valence-corrected chi connectivity index (χ0v) is 17.7. The van der Waals surface area contributed by atoms with Crippen LogP contribution in [0.5, 0.6) is 0 Å². The van der Waals surface area contributed by atoms with Crippen LogP contribution in [0, 0.1) is 20.8 Å². The second-order valence-corrected chi connectivity index (χ2v) is 8.09. The van der Waals surface area contributed by atoms with Gasteiger partial charge in [0.2, 0.25) is 5.91 Å². The van der Waals surface area contributed by atoms with E-state index in [-0.39, 0.29) is 11.7 Å². The maximum Gasteiger partial charge on any atom is 0.236 e. The highest BCUT2D eigenvalue weighted by Crippen LogP contribution is 2.24. The van der Waals surface area contributed by atoms with Crippen LogP contribution >= 0.6 is 0 Å². The van der Waals surface area contributed by atoms with Gasteiger partial charge < -0.3 is 9.64 Å². The molecule has 2 aliphatic heterocycles. The van der Waals surface area contributed by atoms with Crippen molar-refractivity contribution in [3.63, 3.8) is 0 Å². The SMILES string of the molecule is CC(=O)c1c(C)cc(C)c(CN2CCN(C(=O)CN3CCOCC3)CC2)c1C. The molecule has 0 spiro atoms. The Balaban J connectivity index is 1.58. The number of rotatable bonds is 5. The third kappa shape index (κ3) is 4.80. The van der Waals surface area contributed by atoms with Gasteiger partial charge in [0.1, 0.15) is 0 Å². The van der Waals surface area contributed by atoms with E-state index < -0.39 is 0 Å². The number of aryl methyl sites for hydroxylation is 2. The zero-order valence-electron chi connectivity index (χ0n) is 17.7. The molecular formula is C22H33N3O3. The van der Waals surface area contributed by atoms with Crippen molar-refractivity contribution < 1.29 is 14.3 Å². The molecule has 2 heterocycles. The van der Waals surface area contributed by atoms with Crippen LogP contribution in [0.3, 0.4) is 0 Å². The molecule has 154 valence electrons. The molecule has 6 heteroatoms. The van der Waals surface area contributed by atoms with Crippen LogP contribution in [-0.4, -0.2) is 85.4 Å². The highest BCUT2D eigenvalue weighted by molar-refractivity contribution is 5.97. The van der Waals surface area contributed by atoms with Gasteiger partial charge in [-0.15, -0.1) is 0 Å². The molecule has 2 fully saturated rings.